The summed E-state index contributed by atoms with van der Waals surface area (Å²) in [5.41, 5.74) is 2.36. The van der Waals surface area contributed by atoms with Crippen LogP contribution >= 0.6 is 0 Å². The molecule has 1 aliphatic carbocycles. The van der Waals surface area contributed by atoms with Crippen molar-refractivity contribution in [1.29, 1.82) is 0 Å². The van der Waals surface area contributed by atoms with Gasteiger partial charge in [-0.3, -0.25) is 0 Å². The molecule has 0 amide bonds. The summed E-state index contributed by atoms with van der Waals surface area (Å²) in [6.07, 6.45) is 6.10. The fraction of sp³-hybridized carbons (Fsp3) is 0.417. The van der Waals surface area contributed by atoms with Crippen molar-refractivity contribution in [2.24, 2.45) is 5.92 Å². The maximum absolute atomic E-state index is 12.7. The maximum Gasteiger partial charge on any atom is 0.212 e. The molecule has 1 N–H and O–H groups in total. The van der Waals surface area contributed by atoms with E-state index in [-0.39, 0.29) is 0 Å². The average Bonchev–Trinajstić information content (AvgIpc) is 2.22. The third kappa shape index (κ3) is 1.57. The number of fused-ring (bicyclic) bond motifs is 1. The number of nitrogens with one attached hydrogen (secondary N) is 1. The number of pyridine rings is 1. The second-order valence-electron chi connectivity index (χ2n) is 4.31. The van der Waals surface area contributed by atoms with Crippen LogP contribution < -0.4 is 5.32 Å². The fourth-order valence-electron chi connectivity index (χ4n) is 2.35. The van der Waals surface area contributed by atoms with Crippen LogP contribution in [-0.4, -0.2) is 17.6 Å². The normalized spacial score (nSPS) is 29.0. The summed E-state index contributed by atoms with van der Waals surface area (Å²) in [5.74, 6) is 0.414. The Morgan fingerprint density at radius 1 is 1.40 bits per heavy atom. The van der Waals surface area contributed by atoms with E-state index in [0.29, 0.717) is 6.04 Å². The van der Waals surface area contributed by atoms with Gasteiger partial charge in [-0.25, -0.2) is 4.98 Å². The Morgan fingerprint density at radius 3 is 2.93 bits per heavy atom. The van der Waals surface area contributed by atoms with Gasteiger partial charge in [-0.2, -0.15) is 4.39 Å². The maximum atomic E-state index is 12.7. The highest BCUT2D eigenvalue weighted by Crippen LogP contribution is 2.33. The predicted octanol–water partition coefficient (Wildman–Crippen LogP) is 1.99. The van der Waals surface area contributed by atoms with Gasteiger partial charge in [0.25, 0.3) is 0 Å². The topological polar surface area (TPSA) is 24.9 Å². The number of hydrogen-bond donors (Lipinski definition) is 1. The molecule has 1 saturated heterocycles. The van der Waals surface area contributed by atoms with Crippen LogP contribution in [-0.2, 0) is 0 Å². The van der Waals surface area contributed by atoms with Crippen molar-refractivity contribution in [2.75, 3.05) is 6.54 Å². The average molecular weight is 204 g/mol. The van der Waals surface area contributed by atoms with Crippen LogP contribution in [0.2, 0.25) is 0 Å². The summed E-state index contributed by atoms with van der Waals surface area (Å²) in [5, 5.41) is 3.42. The number of allylic oxidation sites excluding steroid dienone is 1. The SMILES string of the molecule is Fc1ccc(C2=CCC3CNC3C2)cn1. The lowest BCUT2D eigenvalue weighted by molar-refractivity contribution is 0.231. The van der Waals surface area contributed by atoms with Crippen molar-refractivity contribution >= 4 is 5.57 Å². The highest BCUT2D eigenvalue weighted by atomic mass is 19.1. The summed E-state index contributed by atoms with van der Waals surface area (Å²) >= 11 is 0. The van der Waals surface area contributed by atoms with Gasteiger partial charge in [0.05, 0.1) is 0 Å². The molecule has 2 nitrogen and oxygen atoms in total. The molecule has 0 aromatic carbocycles. The minimum atomic E-state index is -0.408. The zero-order valence-electron chi connectivity index (χ0n) is 8.41. The Labute approximate surface area is 88.2 Å². The van der Waals surface area contributed by atoms with Gasteiger partial charge in [-0.05, 0) is 42.0 Å². The van der Waals surface area contributed by atoms with Gasteiger partial charge in [0.1, 0.15) is 0 Å². The van der Waals surface area contributed by atoms with Crippen LogP contribution in [0.25, 0.3) is 5.57 Å². The summed E-state index contributed by atoms with van der Waals surface area (Å²) in [6, 6.07) is 3.87. The fourth-order valence-corrected chi connectivity index (χ4v) is 2.35. The first-order chi connectivity index (χ1) is 7.33. The number of rotatable bonds is 1. The standard InChI is InChI=1S/C12H13FN2/c13-12-4-3-9(6-15-12)8-1-2-10-7-14-11(10)5-8/h1,3-4,6,10-11,14H,2,5,7H2. The Kier molecular flexibility index (Phi) is 2.06. The second kappa shape index (κ2) is 3.42. The molecule has 0 bridgehead atoms. The lowest BCUT2D eigenvalue weighted by Crippen LogP contribution is -2.53. The molecule has 15 heavy (non-hydrogen) atoms. The molecule has 2 unspecified atom stereocenters. The number of nitrogens with zero attached hydrogens (tertiary/aromatic N) is 1. The monoisotopic (exact) mass is 204 g/mol. The van der Waals surface area contributed by atoms with E-state index in [9.17, 15) is 4.39 Å². The van der Waals surface area contributed by atoms with Gasteiger partial charge in [0, 0.05) is 18.8 Å². The lowest BCUT2D eigenvalue weighted by Gasteiger charge is -2.41. The molecule has 0 saturated carbocycles. The first-order valence-electron chi connectivity index (χ1n) is 5.37. The van der Waals surface area contributed by atoms with Crippen LogP contribution in [0.15, 0.2) is 24.4 Å². The first-order valence-corrected chi connectivity index (χ1v) is 5.37. The molecule has 0 radical (unpaired) electrons. The highest BCUT2D eigenvalue weighted by molar-refractivity contribution is 5.66. The van der Waals surface area contributed by atoms with Gasteiger partial charge in [-0.15, -0.1) is 0 Å². The molecule has 2 atom stereocenters. The zero-order chi connectivity index (χ0) is 10.3. The van der Waals surface area contributed by atoms with Crippen molar-refractivity contribution < 1.29 is 4.39 Å². The molecule has 0 spiro atoms. The van der Waals surface area contributed by atoms with Gasteiger partial charge >= 0.3 is 0 Å². The van der Waals surface area contributed by atoms with Crippen molar-refractivity contribution in [3.8, 4) is 0 Å². The van der Waals surface area contributed by atoms with Crippen LogP contribution in [0, 0.1) is 11.9 Å². The molecule has 2 heterocycles. The van der Waals surface area contributed by atoms with E-state index < -0.39 is 5.95 Å². The largest absolute Gasteiger partial charge is 0.313 e. The smallest absolute Gasteiger partial charge is 0.212 e. The van der Waals surface area contributed by atoms with Gasteiger partial charge in [0.2, 0.25) is 5.95 Å². The molecular weight excluding hydrogens is 191 g/mol. The highest BCUT2D eigenvalue weighted by Gasteiger charge is 2.32. The predicted molar refractivity (Wildman–Crippen MR) is 56.7 cm³/mol. The molecule has 1 fully saturated rings. The summed E-state index contributed by atoms with van der Waals surface area (Å²) in [6.45, 7) is 1.15. The Morgan fingerprint density at radius 2 is 2.33 bits per heavy atom. The van der Waals surface area contributed by atoms with Gasteiger partial charge in [-0.1, -0.05) is 6.08 Å². The third-order valence-corrected chi connectivity index (χ3v) is 3.42. The van der Waals surface area contributed by atoms with Crippen molar-refractivity contribution in [1.82, 2.24) is 10.3 Å². The van der Waals surface area contributed by atoms with Crippen LogP contribution in [0.1, 0.15) is 18.4 Å². The molecule has 3 heteroatoms. The quantitative estimate of drug-likeness (QED) is 0.707. The lowest BCUT2D eigenvalue weighted by atomic mass is 9.78. The van der Waals surface area contributed by atoms with Crippen LogP contribution in [0.4, 0.5) is 4.39 Å². The third-order valence-electron chi connectivity index (χ3n) is 3.42. The van der Waals surface area contributed by atoms with E-state index in [4.69, 9.17) is 0 Å². The van der Waals surface area contributed by atoms with Crippen molar-refractivity contribution in [3.05, 3.63) is 35.9 Å². The zero-order valence-corrected chi connectivity index (χ0v) is 8.41. The first kappa shape index (κ1) is 9.04. The molecule has 1 aromatic rings. The minimum Gasteiger partial charge on any atom is -0.313 e. The number of hydrogen-bond acceptors (Lipinski definition) is 2. The van der Waals surface area contributed by atoms with Gasteiger partial charge < -0.3 is 5.32 Å². The van der Waals surface area contributed by atoms with Gasteiger partial charge in [0.15, 0.2) is 0 Å². The van der Waals surface area contributed by atoms with Crippen LogP contribution in [0.5, 0.6) is 0 Å². The van der Waals surface area contributed by atoms with E-state index in [1.807, 2.05) is 6.07 Å². The van der Waals surface area contributed by atoms with E-state index in [0.717, 1.165) is 30.9 Å². The molecule has 78 valence electrons. The minimum absolute atomic E-state index is 0.408. The van der Waals surface area contributed by atoms with E-state index in [1.165, 1.54) is 11.6 Å². The Bertz CT molecular complexity index is 397. The van der Waals surface area contributed by atoms with Crippen molar-refractivity contribution in [2.45, 2.75) is 18.9 Å². The van der Waals surface area contributed by atoms with E-state index in [2.05, 4.69) is 16.4 Å². The Balaban J connectivity index is 1.85. The Hall–Kier alpha value is -1.22. The summed E-state index contributed by atoms with van der Waals surface area (Å²) in [4.78, 5) is 3.69. The molecule has 2 aliphatic rings. The number of aromatic nitrogens is 1. The molecule has 1 aromatic heterocycles. The molecular formula is C12H13FN2. The molecule has 3 rings (SSSR count). The second-order valence-corrected chi connectivity index (χ2v) is 4.31. The summed E-state index contributed by atoms with van der Waals surface area (Å²) in [7, 11) is 0. The van der Waals surface area contributed by atoms with Crippen LogP contribution in [0.3, 0.4) is 0 Å². The summed E-state index contributed by atoms with van der Waals surface area (Å²) < 4.78 is 12.7. The van der Waals surface area contributed by atoms with E-state index >= 15 is 0 Å². The van der Waals surface area contributed by atoms with E-state index in [1.54, 1.807) is 6.20 Å². The number of halogens is 1. The van der Waals surface area contributed by atoms with Crippen molar-refractivity contribution in [3.63, 3.8) is 0 Å². The molecule has 1 aliphatic heterocycles.